The molecule has 0 N–H and O–H groups in total. The summed E-state index contributed by atoms with van der Waals surface area (Å²) < 4.78 is 2.00. The van der Waals surface area contributed by atoms with Gasteiger partial charge in [-0.05, 0) is 13.5 Å². The van der Waals surface area contributed by atoms with Crippen molar-refractivity contribution in [1.82, 2.24) is 4.90 Å². The smallest absolute Gasteiger partial charge is 0.168 e. The summed E-state index contributed by atoms with van der Waals surface area (Å²) in [5.41, 5.74) is 0. The van der Waals surface area contributed by atoms with Crippen LogP contribution in [0.5, 0.6) is 0 Å². The highest BCUT2D eigenvalue weighted by atomic mass is 15.1. The molecule has 2 heteroatoms. The monoisotopic (exact) mass is 191 g/mol. The molecule has 1 aliphatic heterocycles. The Kier molecular flexibility index (Phi) is 4.94. The second kappa shape index (κ2) is 6.33. The number of rotatable bonds is 0. The number of aromatic nitrogens is 1. The van der Waals surface area contributed by atoms with Crippen LogP contribution in [0.15, 0.2) is 42.7 Å². The van der Waals surface area contributed by atoms with Gasteiger partial charge in [-0.2, -0.15) is 0 Å². The molecule has 0 saturated carbocycles. The average Bonchev–Trinajstić information content (AvgIpc) is 2.21. The summed E-state index contributed by atoms with van der Waals surface area (Å²) in [5, 5.41) is 0. The first-order valence-corrected chi connectivity index (χ1v) is 5.03. The maximum Gasteiger partial charge on any atom is 0.168 e. The van der Waals surface area contributed by atoms with Crippen LogP contribution in [-0.2, 0) is 7.05 Å². The highest BCUT2D eigenvalue weighted by Gasteiger charge is 1.95. The highest BCUT2D eigenvalue weighted by Crippen LogP contribution is 1.95. The second-order valence-electron chi connectivity index (χ2n) is 3.56. The summed E-state index contributed by atoms with van der Waals surface area (Å²) in [6, 6.07) is 6.00. The summed E-state index contributed by atoms with van der Waals surface area (Å²) in [5.74, 6) is 0. The van der Waals surface area contributed by atoms with Crippen molar-refractivity contribution in [3.05, 3.63) is 42.7 Å². The molecular formula is C12H19N2+. The van der Waals surface area contributed by atoms with E-state index in [0.29, 0.717) is 0 Å². The molecule has 1 aromatic rings. The van der Waals surface area contributed by atoms with Crippen LogP contribution in [-0.4, -0.2) is 25.0 Å². The van der Waals surface area contributed by atoms with Gasteiger partial charge in [0.05, 0.1) is 0 Å². The SMILES string of the molecule is CN1CC=CCC1.C[n+]1ccccc1. The number of aryl methyl sites for hydroxylation is 1. The van der Waals surface area contributed by atoms with Crippen molar-refractivity contribution in [2.24, 2.45) is 7.05 Å². The number of hydrogen-bond acceptors (Lipinski definition) is 1. The van der Waals surface area contributed by atoms with Crippen LogP contribution in [0.4, 0.5) is 0 Å². The van der Waals surface area contributed by atoms with Crippen LogP contribution in [0.25, 0.3) is 0 Å². The van der Waals surface area contributed by atoms with Gasteiger partial charge in [0.2, 0.25) is 0 Å². The minimum atomic E-state index is 1.14. The first-order valence-electron chi connectivity index (χ1n) is 5.03. The van der Waals surface area contributed by atoms with Gasteiger partial charge in [0, 0.05) is 25.2 Å². The molecular weight excluding hydrogens is 172 g/mol. The normalized spacial score (nSPS) is 15.9. The van der Waals surface area contributed by atoms with E-state index in [9.17, 15) is 0 Å². The van der Waals surface area contributed by atoms with Gasteiger partial charge in [0.25, 0.3) is 0 Å². The van der Waals surface area contributed by atoms with E-state index < -0.39 is 0 Å². The van der Waals surface area contributed by atoms with Crippen LogP contribution >= 0.6 is 0 Å². The number of pyridine rings is 1. The molecule has 0 atom stereocenters. The molecule has 0 fully saturated rings. The molecule has 0 unspecified atom stereocenters. The first-order chi connectivity index (χ1) is 6.79. The number of nitrogens with zero attached hydrogens (tertiary/aromatic N) is 2. The predicted octanol–water partition coefficient (Wildman–Crippen LogP) is 1.39. The van der Waals surface area contributed by atoms with E-state index in [1.165, 1.54) is 13.0 Å². The number of likely N-dealkylation sites (N-methyl/N-ethyl adjacent to an activating group) is 1. The lowest BCUT2D eigenvalue weighted by Crippen LogP contribution is -2.25. The molecule has 0 spiro atoms. The van der Waals surface area contributed by atoms with Gasteiger partial charge in [0.15, 0.2) is 12.4 Å². The zero-order valence-corrected chi connectivity index (χ0v) is 9.06. The Morgan fingerprint density at radius 1 is 1.07 bits per heavy atom. The van der Waals surface area contributed by atoms with Crippen LogP contribution in [0.3, 0.4) is 0 Å². The fourth-order valence-electron chi connectivity index (χ4n) is 1.24. The van der Waals surface area contributed by atoms with E-state index in [-0.39, 0.29) is 0 Å². The van der Waals surface area contributed by atoms with Gasteiger partial charge < -0.3 is 4.90 Å². The third-order valence-electron chi connectivity index (χ3n) is 2.13. The Labute approximate surface area is 86.5 Å². The molecule has 2 nitrogen and oxygen atoms in total. The van der Waals surface area contributed by atoms with Gasteiger partial charge in [0.1, 0.15) is 7.05 Å². The van der Waals surface area contributed by atoms with Crippen LogP contribution in [0.2, 0.25) is 0 Å². The van der Waals surface area contributed by atoms with Crippen molar-refractivity contribution in [2.75, 3.05) is 20.1 Å². The molecule has 14 heavy (non-hydrogen) atoms. The van der Waals surface area contributed by atoms with Crippen molar-refractivity contribution in [1.29, 1.82) is 0 Å². The standard InChI is InChI=1S/C6H11N.C6H8N/c2*1-7-5-3-2-4-6-7/h2-3H,4-6H2,1H3;2-6H,1H3/q;+1. The third-order valence-corrected chi connectivity index (χ3v) is 2.13. The predicted molar refractivity (Wildman–Crippen MR) is 58.9 cm³/mol. The zero-order valence-electron chi connectivity index (χ0n) is 9.06. The zero-order chi connectivity index (χ0) is 10.2. The van der Waals surface area contributed by atoms with E-state index in [0.717, 1.165) is 6.54 Å². The quantitative estimate of drug-likeness (QED) is 0.444. The van der Waals surface area contributed by atoms with Crippen molar-refractivity contribution < 1.29 is 4.57 Å². The van der Waals surface area contributed by atoms with E-state index >= 15 is 0 Å². The van der Waals surface area contributed by atoms with E-state index in [1.54, 1.807) is 0 Å². The fourth-order valence-corrected chi connectivity index (χ4v) is 1.24. The third kappa shape index (κ3) is 4.77. The van der Waals surface area contributed by atoms with Gasteiger partial charge in [-0.25, -0.2) is 4.57 Å². The Hall–Kier alpha value is -1.15. The Morgan fingerprint density at radius 3 is 2.07 bits per heavy atom. The van der Waals surface area contributed by atoms with E-state index in [1.807, 2.05) is 42.2 Å². The molecule has 1 aromatic heterocycles. The summed E-state index contributed by atoms with van der Waals surface area (Å²) in [6.45, 7) is 2.37. The van der Waals surface area contributed by atoms with E-state index in [4.69, 9.17) is 0 Å². The second-order valence-corrected chi connectivity index (χ2v) is 3.56. The molecule has 76 valence electrons. The van der Waals surface area contributed by atoms with Crippen LogP contribution < -0.4 is 4.57 Å². The van der Waals surface area contributed by atoms with Crippen molar-refractivity contribution in [3.63, 3.8) is 0 Å². The lowest BCUT2D eigenvalue weighted by molar-refractivity contribution is -0.671. The molecule has 0 bridgehead atoms. The summed E-state index contributed by atoms with van der Waals surface area (Å²) in [6.07, 6.45) is 9.68. The van der Waals surface area contributed by atoms with Crippen LogP contribution in [0, 0.1) is 0 Å². The molecule has 0 radical (unpaired) electrons. The van der Waals surface area contributed by atoms with Gasteiger partial charge >= 0.3 is 0 Å². The highest BCUT2D eigenvalue weighted by molar-refractivity contribution is 4.89. The Bertz CT molecular complexity index is 267. The van der Waals surface area contributed by atoms with Gasteiger partial charge in [-0.3, -0.25) is 0 Å². The molecule has 0 aromatic carbocycles. The lowest BCUT2D eigenvalue weighted by Gasteiger charge is -2.15. The molecule has 0 aliphatic carbocycles. The summed E-state index contributed by atoms with van der Waals surface area (Å²) >= 11 is 0. The lowest BCUT2D eigenvalue weighted by atomic mass is 10.3. The summed E-state index contributed by atoms with van der Waals surface area (Å²) in [4.78, 5) is 2.31. The molecule has 2 heterocycles. The topological polar surface area (TPSA) is 7.12 Å². The minimum Gasteiger partial charge on any atom is -0.302 e. The summed E-state index contributed by atoms with van der Waals surface area (Å²) in [7, 11) is 4.14. The first kappa shape index (κ1) is 10.9. The molecule has 1 aliphatic rings. The Morgan fingerprint density at radius 2 is 1.79 bits per heavy atom. The molecule has 0 saturated heterocycles. The van der Waals surface area contributed by atoms with Crippen LogP contribution in [0.1, 0.15) is 6.42 Å². The van der Waals surface area contributed by atoms with E-state index in [2.05, 4.69) is 24.1 Å². The van der Waals surface area contributed by atoms with Crippen molar-refractivity contribution >= 4 is 0 Å². The van der Waals surface area contributed by atoms with Crippen molar-refractivity contribution in [2.45, 2.75) is 6.42 Å². The largest absolute Gasteiger partial charge is 0.302 e. The Balaban J connectivity index is 0.000000140. The van der Waals surface area contributed by atoms with Crippen molar-refractivity contribution in [3.8, 4) is 0 Å². The molecule has 2 rings (SSSR count). The minimum absolute atomic E-state index is 1.14. The van der Waals surface area contributed by atoms with Gasteiger partial charge in [-0.15, -0.1) is 0 Å². The maximum absolute atomic E-state index is 2.31. The average molecular weight is 191 g/mol. The fraction of sp³-hybridized carbons (Fsp3) is 0.417. The van der Waals surface area contributed by atoms with Gasteiger partial charge in [-0.1, -0.05) is 18.2 Å². The number of hydrogen-bond donors (Lipinski definition) is 0. The maximum atomic E-state index is 2.31. The molecule has 0 amide bonds.